The lowest BCUT2D eigenvalue weighted by molar-refractivity contribution is 0.269. The van der Waals surface area contributed by atoms with E-state index in [1.807, 2.05) is 0 Å². The number of hydrogen-bond donors (Lipinski definition) is 0. The van der Waals surface area contributed by atoms with E-state index in [4.69, 9.17) is 0 Å². The van der Waals surface area contributed by atoms with E-state index in [1.54, 1.807) is 0 Å². The van der Waals surface area contributed by atoms with Crippen molar-refractivity contribution in [1.82, 2.24) is 4.90 Å². The maximum absolute atomic E-state index is 2.69. The fraction of sp³-hybridized carbons (Fsp3) is 1.00. The normalized spacial score (nSPS) is 43.4. The van der Waals surface area contributed by atoms with Gasteiger partial charge in [0.1, 0.15) is 0 Å². The molecule has 2 atom stereocenters. The predicted octanol–water partition coefficient (Wildman–Crippen LogP) is 2.41. The summed E-state index contributed by atoms with van der Waals surface area (Å²) in [6, 6.07) is 1.92. The Hall–Kier alpha value is -0.0400. The minimum atomic E-state index is 0.430. The first-order valence-corrected chi connectivity index (χ1v) is 4.89. The summed E-state index contributed by atoms with van der Waals surface area (Å²) in [5.41, 5.74) is 0.430. The van der Waals surface area contributed by atoms with Crippen molar-refractivity contribution in [2.75, 3.05) is 0 Å². The summed E-state index contributed by atoms with van der Waals surface area (Å²) in [6.45, 7) is 7.02. The van der Waals surface area contributed by atoms with E-state index in [1.165, 1.54) is 25.7 Å². The Balaban J connectivity index is 2.00. The van der Waals surface area contributed by atoms with Gasteiger partial charge in [-0.1, -0.05) is 12.8 Å². The molecular formula is C10H19N. The van der Waals surface area contributed by atoms with Gasteiger partial charge in [0.25, 0.3) is 0 Å². The Bertz CT molecular complexity index is 145. The Morgan fingerprint density at radius 2 is 1.45 bits per heavy atom. The Labute approximate surface area is 69.8 Å². The van der Waals surface area contributed by atoms with Crippen molar-refractivity contribution in [3.63, 3.8) is 0 Å². The molecule has 1 saturated carbocycles. The lowest BCUT2D eigenvalue weighted by Gasteiger charge is -2.21. The molecule has 11 heavy (non-hydrogen) atoms. The van der Waals surface area contributed by atoms with Crippen molar-refractivity contribution in [2.45, 2.75) is 64.1 Å². The van der Waals surface area contributed by atoms with Crippen molar-refractivity contribution in [2.24, 2.45) is 0 Å². The fourth-order valence-corrected chi connectivity index (χ4v) is 2.70. The first kappa shape index (κ1) is 7.60. The summed E-state index contributed by atoms with van der Waals surface area (Å²) in [5, 5.41) is 0. The van der Waals surface area contributed by atoms with Gasteiger partial charge in [-0.05, 0) is 33.6 Å². The molecule has 1 nitrogen and oxygen atoms in total. The van der Waals surface area contributed by atoms with Crippen LogP contribution in [0.5, 0.6) is 0 Å². The van der Waals surface area contributed by atoms with E-state index in [0.717, 1.165) is 12.1 Å². The van der Waals surface area contributed by atoms with E-state index in [2.05, 4.69) is 25.7 Å². The van der Waals surface area contributed by atoms with Gasteiger partial charge in [-0.25, -0.2) is 0 Å². The highest BCUT2D eigenvalue weighted by atomic mass is 15.4. The summed E-state index contributed by atoms with van der Waals surface area (Å²) in [6.07, 6.45) is 5.85. The zero-order valence-electron chi connectivity index (χ0n) is 7.93. The average molecular weight is 153 g/mol. The molecule has 1 heteroatoms. The van der Waals surface area contributed by atoms with Crippen molar-refractivity contribution in [3.8, 4) is 0 Å². The van der Waals surface area contributed by atoms with Crippen LogP contribution in [0.25, 0.3) is 0 Å². The van der Waals surface area contributed by atoms with Crippen LogP contribution >= 0.6 is 0 Å². The minimum absolute atomic E-state index is 0.430. The van der Waals surface area contributed by atoms with Gasteiger partial charge in [0, 0.05) is 17.6 Å². The highest BCUT2D eigenvalue weighted by Crippen LogP contribution is 2.45. The maximum Gasteiger partial charge on any atom is 0.0260 e. The first-order valence-electron chi connectivity index (χ1n) is 4.89. The van der Waals surface area contributed by atoms with Gasteiger partial charge in [-0.2, -0.15) is 0 Å². The second kappa shape index (κ2) is 2.22. The monoisotopic (exact) mass is 153 g/mol. The van der Waals surface area contributed by atoms with Gasteiger partial charge in [0.2, 0.25) is 0 Å². The van der Waals surface area contributed by atoms with Gasteiger partial charge in [-0.3, -0.25) is 4.90 Å². The van der Waals surface area contributed by atoms with E-state index < -0.39 is 0 Å². The summed E-state index contributed by atoms with van der Waals surface area (Å²) >= 11 is 0. The quantitative estimate of drug-likeness (QED) is 0.483. The van der Waals surface area contributed by atoms with Crippen molar-refractivity contribution >= 4 is 0 Å². The molecule has 0 bridgehead atoms. The largest absolute Gasteiger partial charge is 0.289 e. The van der Waals surface area contributed by atoms with Gasteiger partial charge in [-0.15, -0.1) is 0 Å². The molecule has 2 unspecified atom stereocenters. The molecule has 2 fully saturated rings. The number of fused-ring (bicyclic) bond motifs is 1. The third kappa shape index (κ3) is 1.20. The Morgan fingerprint density at radius 3 is 1.82 bits per heavy atom. The lowest BCUT2D eigenvalue weighted by atomic mass is 10.0. The van der Waals surface area contributed by atoms with Crippen molar-refractivity contribution in [3.05, 3.63) is 0 Å². The topological polar surface area (TPSA) is 3.01 Å². The molecule has 0 aromatic carbocycles. The number of likely N-dealkylation sites (tertiary alicyclic amines) is 1. The molecule has 0 N–H and O–H groups in total. The molecule has 0 spiro atoms. The van der Waals surface area contributed by atoms with Crippen LogP contribution < -0.4 is 0 Å². The predicted molar refractivity (Wildman–Crippen MR) is 47.6 cm³/mol. The lowest BCUT2D eigenvalue weighted by Crippen LogP contribution is -2.28. The standard InChI is InChI=1S/C10H19N/c1-10(2,3)11-8-6-4-5-7-9(8)11/h8-9H,4-7H2,1-3H3. The second-order valence-corrected chi connectivity index (χ2v) is 5.00. The Kier molecular flexibility index (Phi) is 1.54. The smallest absolute Gasteiger partial charge is 0.0260 e. The molecule has 0 radical (unpaired) electrons. The molecule has 1 aliphatic heterocycles. The highest BCUT2D eigenvalue weighted by Gasteiger charge is 2.52. The molecule has 0 amide bonds. The van der Waals surface area contributed by atoms with Gasteiger partial charge in [0.15, 0.2) is 0 Å². The van der Waals surface area contributed by atoms with Crippen LogP contribution in [0.2, 0.25) is 0 Å². The molecular weight excluding hydrogens is 134 g/mol. The highest BCUT2D eigenvalue weighted by molar-refractivity contribution is 5.09. The zero-order valence-corrected chi connectivity index (χ0v) is 7.93. The summed E-state index contributed by atoms with van der Waals surface area (Å²) < 4.78 is 0. The zero-order chi connectivity index (χ0) is 8.06. The van der Waals surface area contributed by atoms with Gasteiger partial charge in [0.05, 0.1) is 0 Å². The van der Waals surface area contributed by atoms with Crippen LogP contribution in [-0.4, -0.2) is 22.5 Å². The molecule has 1 heterocycles. The molecule has 1 aliphatic carbocycles. The molecule has 0 aromatic rings. The van der Waals surface area contributed by atoms with Gasteiger partial charge >= 0.3 is 0 Å². The van der Waals surface area contributed by atoms with E-state index >= 15 is 0 Å². The number of rotatable bonds is 0. The van der Waals surface area contributed by atoms with Crippen LogP contribution in [0, 0.1) is 0 Å². The molecule has 1 saturated heterocycles. The summed E-state index contributed by atoms with van der Waals surface area (Å²) in [4.78, 5) is 2.69. The molecule has 2 rings (SSSR count). The van der Waals surface area contributed by atoms with Crippen LogP contribution in [0.3, 0.4) is 0 Å². The second-order valence-electron chi connectivity index (χ2n) is 5.00. The van der Waals surface area contributed by atoms with Crippen LogP contribution in [0.15, 0.2) is 0 Å². The molecule has 64 valence electrons. The summed E-state index contributed by atoms with van der Waals surface area (Å²) in [7, 11) is 0. The Morgan fingerprint density at radius 1 is 1.00 bits per heavy atom. The van der Waals surface area contributed by atoms with Crippen LogP contribution in [0.1, 0.15) is 46.5 Å². The third-order valence-corrected chi connectivity index (χ3v) is 3.09. The molecule has 2 aliphatic rings. The minimum Gasteiger partial charge on any atom is -0.289 e. The number of hydrogen-bond acceptors (Lipinski definition) is 1. The number of nitrogens with zero attached hydrogens (tertiary/aromatic N) is 1. The van der Waals surface area contributed by atoms with Crippen LogP contribution in [0.4, 0.5) is 0 Å². The van der Waals surface area contributed by atoms with Crippen molar-refractivity contribution < 1.29 is 0 Å². The van der Waals surface area contributed by atoms with Gasteiger partial charge < -0.3 is 0 Å². The van der Waals surface area contributed by atoms with Crippen molar-refractivity contribution in [1.29, 1.82) is 0 Å². The fourth-order valence-electron chi connectivity index (χ4n) is 2.70. The first-order chi connectivity index (χ1) is 5.11. The van der Waals surface area contributed by atoms with E-state index in [9.17, 15) is 0 Å². The van der Waals surface area contributed by atoms with E-state index in [0.29, 0.717) is 5.54 Å². The van der Waals surface area contributed by atoms with Crippen LogP contribution in [-0.2, 0) is 0 Å². The molecule has 0 aromatic heterocycles. The SMILES string of the molecule is CC(C)(C)N1C2CCCCC21. The summed E-state index contributed by atoms with van der Waals surface area (Å²) in [5.74, 6) is 0. The average Bonchev–Trinajstić information content (AvgIpc) is 2.58. The van der Waals surface area contributed by atoms with E-state index in [-0.39, 0.29) is 0 Å². The maximum atomic E-state index is 2.69. The third-order valence-electron chi connectivity index (χ3n) is 3.09.